The van der Waals surface area contributed by atoms with Gasteiger partial charge in [0.2, 0.25) is 5.91 Å². The minimum absolute atomic E-state index is 0.217. The van der Waals surface area contributed by atoms with Gasteiger partial charge in [0.25, 0.3) is 0 Å². The summed E-state index contributed by atoms with van der Waals surface area (Å²) in [7, 11) is 0. The van der Waals surface area contributed by atoms with Gasteiger partial charge in [-0.15, -0.1) is 0 Å². The van der Waals surface area contributed by atoms with Crippen LogP contribution in [0.2, 0.25) is 10.0 Å². The molecule has 1 unspecified atom stereocenters. The predicted octanol–water partition coefficient (Wildman–Crippen LogP) is 1.96. The number of halogens is 2. The van der Waals surface area contributed by atoms with E-state index in [4.69, 9.17) is 28.9 Å². The van der Waals surface area contributed by atoms with Gasteiger partial charge in [-0.1, -0.05) is 35.3 Å². The summed E-state index contributed by atoms with van der Waals surface area (Å²) < 4.78 is 0. The molecule has 0 saturated heterocycles. The molecule has 1 amide bonds. The number of nitrogens with two attached hydrogens (primary N) is 1. The van der Waals surface area contributed by atoms with Crippen molar-refractivity contribution in [1.29, 1.82) is 0 Å². The molecule has 82 valence electrons. The molecule has 0 fully saturated rings. The molecule has 0 radical (unpaired) electrons. The van der Waals surface area contributed by atoms with Crippen LogP contribution in [0.25, 0.3) is 0 Å². The van der Waals surface area contributed by atoms with E-state index in [1.807, 2.05) is 0 Å². The van der Waals surface area contributed by atoms with Gasteiger partial charge in [-0.25, -0.2) is 0 Å². The number of carbonyl (C=O) groups excluding carboxylic acids is 1. The van der Waals surface area contributed by atoms with Gasteiger partial charge in [0.05, 0.1) is 16.1 Å². The Balaban J connectivity index is 2.66. The number of hydrogen-bond donors (Lipinski definition) is 2. The minimum atomic E-state index is -0.525. The second-order valence-corrected chi connectivity index (χ2v) is 4.00. The zero-order valence-corrected chi connectivity index (χ0v) is 9.77. The number of nitrogens with one attached hydrogen (secondary N) is 1. The van der Waals surface area contributed by atoms with E-state index in [9.17, 15) is 4.79 Å². The van der Waals surface area contributed by atoms with E-state index < -0.39 is 6.04 Å². The minimum Gasteiger partial charge on any atom is -0.351 e. The standard InChI is InChI=1S/C10H12Cl2N2O/c1-6(13)10(15)14-5-7-3-2-4-8(11)9(7)12/h2-4,6H,5,13H2,1H3,(H,14,15). The highest BCUT2D eigenvalue weighted by atomic mass is 35.5. The average Bonchev–Trinajstić information content (AvgIpc) is 2.19. The van der Waals surface area contributed by atoms with Crippen molar-refractivity contribution < 1.29 is 4.79 Å². The molecule has 1 rings (SSSR count). The molecule has 0 saturated carbocycles. The van der Waals surface area contributed by atoms with Crippen LogP contribution in [0.15, 0.2) is 18.2 Å². The molecule has 1 aromatic rings. The Kier molecular flexibility index (Phi) is 4.39. The first kappa shape index (κ1) is 12.3. The maximum absolute atomic E-state index is 11.2. The quantitative estimate of drug-likeness (QED) is 0.857. The summed E-state index contributed by atoms with van der Waals surface area (Å²) >= 11 is 11.8. The predicted molar refractivity (Wildman–Crippen MR) is 62.0 cm³/mol. The maximum atomic E-state index is 11.2. The van der Waals surface area contributed by atoms with Crippen molar-refractivity contribution in [3.05, 3.63) is 33.8 Å². The lowest BCUT2D eigenvalue weighted by Gasteiger charge is -2.09. The van der Waals surface area contributed by atoms with Gasteiger partial charge in [-0.2, -0.15) is 0 Å². The van der Waals surface area contributed by atoms with E-state index in [1.165, 1.54) is 0 Å². The zero-order valence-electron chi connectivity index (χ0n) is 8.26. The van der Waals surface area contributed by atoms with Crippen molar-refractivity contribution in [2.75, 3.05) is 0 Å². The van der Waals surface area contributed by atoms with Gasteiger partial charge in [0.1, 0.15) is 0 Å². The van der Waals surface area contributed by atoms with Crippen molar-refractivity contribution >= 4 is 29.1 Å². The smallest absolute Gasteiger partial charge is 0.236 e. The molecule has 15 heavy (non-hydrogen) atoms. The highest BCUT2D eigenvalue weighted by Gasteiger charge is 2.08. The molecule has 0 aliphatic carbocycles. The van der Waals surface area contributed by atoms with Gasteiger partial charge in [-0.05, 0) is 18.6 Å². The number of benzene rings is 1. The van der Waals surface area contributed by atoms with Crippen molar-refractivity contribution in [3.63, 3.8) is 0 Å². The molecule has 1 atom stereocenters. The van der Waals surface area contributed by atoms with Gasteiger partial charge in [0, 0.05) is 6.54 Å². The monoisotopic (exact) mass is 246 g/mol. The Morgan fingerprint density at radius 3 is 2.80 bits per heavy atom. The van der Waals surface area contributed by atoms with Crippen LogP contribution in [0.1, 0.15) is 12.5 Å². The number of amides is 1. The van der Waals surface area contributed by atoms with Crippen LogP contribution in [0, 0.1) is 0 Å². The van der Waals surface area contributed by atoms with Crippen LogP contribution in [-0.2, 0) is 11.3 Å². The van der Waals surface area contributed by atoms with E-state index in [0.29, 0.717) is 16.6 Å². The topological polar surface area (TPSA) is 55.1 Å². The normalized spacial score (nSPS) is 12.3. The fourth-order valence-corrected chi connectivity index (χ4v) is 1.42. The summed E-state index contributed by atoms with van der Waals surface area (Å²) in [4.78, 5) is 11.2. The molecule has 5 heteroatoms. The molecule has 3 N–H and O–H groups in total. The number of hydrogen-bond acceptors (Lipinski definition) is 2. The van der Waals surface area contributed by atoms with Crippen molar-refractivity contribution in [2.45, 2.75) is 19.5 Å². The summed E-state index contributed by atoms with van der Waals surface area (Å²) in [5.74, 6) is -0.217. The molecule has 0 heterocycles. The Labute approximate surface area is 98.5 Å². The van der Waals surface area contributed by atoms with Crippen LogP contribution in [0.3, 0.4) is 0 Å². The lowest BCUT2D eigenvalue weighted by atomic mass is 10.2. The largest absolute Gasteiger partial charge is 0.351 e. The number of carbonyl (C=O) groups is 1. The Morgan fingerprint density at radius 1 is 1.53 bits per heavy atom. The summed E-state index contributed by atoms with van der Waals surface area (Å²) in [6.07, 6.45) is 0. The summed E-state index contributed by atoms with van der Waals surface area (Å²) in [6, 6.07) is 4.75. The summed E-state index contributed by atoms with van der Waals surface area (Å²) in [5, 5.41) is 3.60. The molecular weight excluding hydrogens is 235 g/mol. The van der Waals surface area contributed by atoms with Crippen molar-refractivity contribution in [2.24, 2.45) is 5.73 Å². The fourth-order valence-electron chi connectivity index (χ4n) is 1.03. The third-order valence-electron chi connectivity index (χ3n) is 1.90. The Hall–Kier alpha value is -0.770. The molecular formula is C10H12Cl2N2O. The van der Waals surface area contributed by atoms with Gasteiger partial charge in [-0.3, -0.25) is 4.79 Å². The first-order valence-electron chi connectivity index (χ1n) is 4.48. The van der Waals surface area contributed by atoms with Crippen LogP contribution < -0.4 is 11.1 Å². The van der Waals surface area contributed by atoms with E-state index in [0.717, 1.165) is 5.56 Å². The van der Waals surface area contributed by atoms with Gasteiger partial charge in [0.15, 0.2) is 0 Å². The highest BCUT2D eigenvalue weighted by molar-refractivity contribution is 6.42. The van der Waals surface area contributed by atoms with E-state index in [-0.39, 0.29) is 5.91 Å². The zero-order chi connectivity index (χ0) is 11.4. The lowest BCUT2D eigenvalue weighted by molar-refractivity contribution is -0.122. The number of rotatable bonds is 3. The third-order valence-corrected chi connectivity index (χ3v) is 2.76. The Morgan fingerprint density at radius 2 is 2.20 bits per heavy atom. The second kappa shape index (κ2) is 5.35. The van der Waals surface area contributed by atoms with E-state index in [2.05, 4.69) is 5.32 Å². The molecule has 0 bridgehead atoms. The van der Waals surface area contributed by atoms with Crippen LogP contribution in [-0.4, -0.2) is 11.9 Å². The Bertz CT molecular complexity index is 366. The highest BCUT2D eigenvalue weighted by Crippen LogP contribution is 2.25. The summed E-state index contributed by atoms with van der Waals surface area (Å²) in [5.41, 5.74) is 6.17. The molecule has 0 aliphatic rings. The van der Waals surface area contributed by atoms with E-state index in [1.54, 1.807) is 25.1 Å². The summed E-state index contributed by atoms with van der Waals surface area (Å²) in [6.45, 7) is 1.95. The molecule has 0 aromatic heterocycles. The van der Waals surface area contributed by atoms with Gasteiger partial charge >= 0.3 is 0 Å². The SMILES string of the molecule is CC(N)C(=O)NCc1cccc(Cl)c1Cl. The molecule has 0 spiro atoms. The van der Waals surface area contributed by atoms with Crippen molar-refractivity contribution in [1.82, 2.24) is 5.32 Å². The molecule has 1 aromatic carbocycles. The van der Waals surface area contributed by atoms with Gasteiger partial charge < -0.3 is 11.1 Å². The van der Waals surface area contributed by atoms with Crippen LogP contribution >= 0.6 is 23.2 Å². The maximum Gasteiger partial charge on any atom is 0.236 e. The van der Waals surface area contributed by atoms with E-state index >= 15 is 0 Å². The lowest BCUT2D eigenvalue weighted by Crippen LogP contribution is -2.37. The fraction of sp³-hybridized carbons (Fsp3) is 0.300. The van der Waals surface area contributed by atoms with Crippen molar-refractivity contribution in [3.8, 4) is 0 Å². The first-order valence-corrected chi connectivity index (χ1v) is 5.24. The average molecular weight is 247 g/mol. The molecule has 3 nitrogen and oxygen atoms in total. The molecule has 0 aliphatic heterocycles. The third kappa shape index (κ3) is 3.38. The van der Waals surface area contributed by atoms with Crippen LogP contribution in [0.5, 0.6) is 0 Å². The van der Waals surface area contributed by atoms with Crippen LogP contribution in [0.4, 0.5) is 0 Å². The first-order chi connectivity index (χ1) is 7.02. The second-order valence-electron chi connectivity index (χ2n) is 3.22.